The minimum Gasteiger partial charge on any atom is -0.447 e. The van der Waals surface area contributed by atoms with Gasteiger partial charge in [0.1, 0.15) is 6.61 Å². The van der Waals surface area contributed by atoms with E-state index in [2.05, 4.69) is 13.8 Å². The van der Waals surface area contributed by atoms with Crippen molar-refractivity contribution in [2.24, 2.45) is 5.92 Å². The lowest BCUT2D eigenvalue weighted by atomic mass is 10.0. The van der Waals surface area contributed by atoms with Crippen LogP contribution in [0.3, 0.4) is 0 Å². The Morgan fingerprint density at radius 2 is 2.04 bits per heavy atom. The fourth-order valence-electron chi connectivity index (χ4n) is 2.91. The molecule has 2 amide bonds. The van der Waals surface area contributed by atoms with Gasteiger partial charge in [-0.1, -0.05) is 56.2 Å². The maximum absolute atomic E-state index is 12.5. The molecule has 24 heavy (non-hydrogen) atoms. The molecule has 1 aromatic rings. The summed E-state index contributed by atoms with van der Waals surface area (Å²) in [4.78, 5) is 25.7. The van der Waals surface area contributed by atoms with Gasteiger partial charge in [0.2, 0.25) is 0 Å². The van der Waals surface area contributed by atoms with E-state index in [4.69, 9.17) is 4.74 Å². The molecule has 0 unspecified atom stereocenters. The Bertz CT molecular complexity index is 592. The molecule has 1 fully saturated rings. The van der Waals surface area contributed by atoms with E-state index >= 15 is 0 Å². The number of imide groups is 1. The molecule has 1 saturated heterocycles. The van der Waals surface area contributed by atoms with Crippen molar-refractivity contribution in [3.05, 3.63) is 47.5 Å². The minimum atomic E-state index is -0.535. The molecule has 0 aliphatic carbocycles. The number of amides is 2. The summed E-state index contributed by atoms with van der Waals surface area (Å²) in [6.07, 6.45) is 4.76. The van der Waals surface area contributed by atoms with Crippen molar-refractivity contribution >= 4 is 12.0 Å². The van der Waals surface area contributed by atoms with E-state index in [0.717, 1.165) is 30.4 Å². The Morgan fingerprint density at radius 3 is 2.71 bits per heavy atom. The van der Waals surface area contributed by atoms with Crippen molar-refractivity contribution < 1.29 is 14.3 Å². The second-order valence-electron chi connectivity index (χ2n) is 6.91. The first-order valence-corrected chi connectivity index (χ1v) is 8.68. The Kier molecular flexibility index (Phi) is 6.59. The molecule has 1 atom stereocenters. The van der Waals surface area contributed by atoms with Crippen LogP contribution in [-0.2, 0) is 16.0 Å². The molecule has 4 nitrogen and oxygen atoms in total. The second kappa shape index (κ2) is 8.67. The summed E-state index contributed by atoms with van der Waals surface area (Å²) in [6, 6.07) is 9.63. The third kappa shape index (κ3) is 5.22. The monoisotopic (exact) mass is 329 g/mol. The van der Waals surface area contributed by atoms with Crippen molar-refractivity contribution in [1.82, 2.24) is 4.90 Å². The number of benzene rings is 1. The Balaban J connectivity index is 1.98. The van der Waals surface area contributed by atoms with Crippen LogP contribution >= 0.6 is 0 Å². The molecule has 0 spiro atoms. The predicted molar refractivity (Wildman–Crippen MR) is 94.6 cm³/mol. The highest BCUT2D eigenvalue weighted by Crippen LogP contribution is 2.19. The predicted octanol–water partition coefficient (Wildman–Crippen LogP) is 4.35. The van der Waals surface area contributed by atoms with Gasteiger partial charge in [-0.2, -0.15) is 0 Å². The number of allylic oxidation sites excluding steroid dienone is 1. The summed E-state index contributed by atoms with van der Waals surface area (Å²) in [5.41, 5.74) is 2.11. The number of hydrogen-bond acceptors (Lipinski definition) is 3. The highest BCUT2D eigenvalue weighted by Gasteiger charge is 2.36. The van der Waals surface area contributed by atoms with Crippen LogP contribution in [0.1, 0.15) is 45.6 Å². The lowest BCUT2D eigenvalue weighted by molar-refractivity contribution is -0.124. The van der Waals surface area contributed by atoms with Crippen molar-refractivity contribution in [1.29, 1.82) is 0 Å². The second-order valence-corrected chi connectivity index (χ2v) is 6.91. The fraction of sp³-hybridized carbons (Fsp3) is 0.500. The number of rotatable bonds is 7. The van der Waals surface area contributed by atoms with E-state index in [1.165, 1.54) is 4.90 Å². The van der Waals surface area contributed by atoms with Crippen LogP contribution in [-0.4, -0.2) is 29.5 Å². The molecular formula is C20H27NO3. The summed E-state index contributed by atoms with van der Waals surface area (Å²) >= 11 is 0. The van der Waals surface area contributed by atoms with Crippen LogP contribution in [0, 0.1) is 5.92 Å². The summed E-state index contributed by atoms with van der Waals surface area (Å²) < 4.78 is 5.10. The average Bonchev–Trinajstić information content (AvgIpc) is 2.88. The normalized spacial score (nSPS) is 18.2. The SMILES string of the molecule is CC(=CC(=O)N1C(=O)OC[C@H]1Cc1ccccc1)CCCC(C)C. The number of carbonyl (C=O) groups excluding carboxylic acids is 2. The van der Waals surface area contributed by atoms with Gasteiger partial charge in [-0.3, -0.25) is 4.79 Å². The van der Waals surface area contributed by atoms with E-state index in [9.17, 15) is 9.59 Å². The zero-order chi connectivity index (χ0) is 17.5. The molecule has 1 aromatic carbocycles. The van der Waals surface area contributed by atoms with Gasteiger partial charge in [0.25, 0.3) is 5.91 Å². The van der Waals surface area contributed by atoms with Crippen LogP contribution in [0.5, 0.6) is 0 Å². The molecule has 1 aliphatic rings. The highest BCUT2D eigenvalue weighted by molar-refractivity contribution is 6.00. The summed E-state index contributed by atoms with van der Waals surface area (Å²) in [5.74, 6) is 0.401. The number of cyclic esters (lactones) is 1. The molecule has 0 bridgehead atoms. The molecule has 1 heterocycles. The van der Waals surface area contributed by atoms with Gasteiger partial charge in [0, 0.05) is 6.08 Å². The van der Waals surface area contributed by atoms with Gasteiger partial charge >= 0.3 is 6.09 Å². The standard InChI is InChI=1S/C20H27NO3/c1-15(2)8-7-9-16(3)12-19(22)21-18(14-24-20(21)23)13-17-10-5-4-6-11-17/h4-6,10-12,15,18H,7-9,13-14H2,1-3H3/t18-/m1/s1. The lowest BCUT2D eigenvalue weighted by Crippen LogP contribution is -2.39. The maximum Gasteiger partial charge on any atom is 0.417 e. The van der Waals surface area contributed by atoms with Gasteiger partial charge < -0.3 is 4.74 Å². The van der Waals surface area contributed by atoms with Crippen LogP contribution < -0.4 is 0 Å². The molecule has 0 aromatic heterocycles. The zero-order valence-electron chi connectivity index (χ0n) is 14.8. The third-order valence-corrected chi connectivity index (χ3v) is 4.24. The summed E-state index contributed by atoms with van der Waals surface area (Å²) in [7, 11) is 0. The van der Waals surface area contributed by atoms with Gasteiger partial charge in [-0.15, -0.1) is 0 Å². The Morgan fingerprint density at radius 1 is 1.33 bits per heavy atom. The first-order valence-electron chi connectivity index (χ1n) is 8.68. The number of carbonyl (C=O) groups is 2. The largest absolute Gasteiger partial charge is 0.447 e. The van der Waals surface area contributed by atoms with E-state index < -0.39 is 6.09 Å². The van der Waals surface area contributed by atoms with E-state index in [1.54, 1.807) is 6.08 Å². The molecule has 0 saturated carbocycles. The zero-order valence-corrected chi connectivity index (χ0v) is 14.8. The molecular weight excluding hydrogens is 302 g/mol. The average molecular weight is 329 g/mol. The quantitative estimate of drug-likeness (QED) is 0.699. The summed E-state index contributed by atoms with van der Waals surface area (Å²) in [5, 5.41) is 0. The van der Waals surface area contributed by atoms with Gasteiger partial charge in [0.05, 0.1) is 6.04 Å². The molecule has 0 radical (unpaired) electrons. The van der Waals surface area contributed by atoms with Crippen LogP contribution in [0.15, 0.2) is 42.0 Å². The third-order valence-electron chi connectivity index (χ3n) is 4.24. The highest BCUT2D eigenvalue weighted by atomic mass is 16.6. The number of nitrogens with zero attached hydrogens (tertiary/aromatic N) is 1. The molecule has 1 aliphatic heterocycles. The fourth-order valence-corrected chi connectivity index (χ4v) is 2.91. The van der Waals surface area contributed by atoms with Gasteiger partial charge in [-0.05, 0) is 37.7 Å². The van der Waals surface area contributed by atoms with Gasteiger partial charge in [-0.25, -0.2) is 9.69 Å². The van der Waals surface area contributed by atoms with Crippen LogP contribution in [0.2, 0.25) is 0 Å². The first kappa shape index (κ1) is 18.2. The van der Waals surface area contributed by atoms with Gasteiger partial charge in [0.15, 0.2) is 0 Å². The Labute approximate surface area is 144 Å². The lowest BCUT2D eigenvalue weighted by Gasteiger charge is -2.18. The summed E-state index contributed by atoms with van der Waals surface area (Å²) in [6.45, 7) is 6.60. The van der Waals surface area contributed by atoms with E-state index in [-0.39, 0.29) is 18.6 Å². The molecule has 4 heteroatoms. The molecule has 0 N–H and O–H groups in total. The molecule has 130 valence electrons. The number of hydrogen-bond donors (Lipinski definition) is 0. The minimum absolute atomic E-state index is 0.230. The van der Waals surface area contributed by atoms with E-state index in [0.29, 0.717) is 12.3 Å². The number of ether oxygens (including phenoxy) is 1. The maximum atomic E-state index is 12.5. The van der Waals surface area contributed by atoms with E-state index in [1.807, 2.05) is 37.3 Å². The van der Waals surface area contributed by atoms with Crippen molar-refractivity contribution in [3.63, 3.8) is 0 Å². The molecule has 2 rings (SSSR count). The smallest absolute Gasteiger partial charge is 0.417 e. The topological polar surface area (TPSA) is 46.6 Å². The van der Waals surface area contributed by atoms with Crippen molar-refractivity contribution in [2.45, 2.75) is 52.5 Å². The first-order chi connectivity index (χ1) is 11.5. The van der Waals surface area contributed by atoms with Crippen LogP contribution in [0.4, 0.5) is 4.79 Å². The van der Waals surface area contributed by atoms with Crippen LogP contribution in [0.25, 0.3) is 0 Å². The van der Waals surface area contributed by atoms with Crippen molar-refractivity contribution in [3.8, 4) is 0 Å². The van der Waals surface area contributed by atoms with Crippen molar-refractivity contribution in [2.75, 3.05) is 6.61 Å². The Hall–Kier alpha value is -2.10.